The van der Waals surface area contributed by atoms with E-state index in [-0.39, 0.29) is 29.6 Å². The van der Waals surface area contributed by atoms with Crippen molar-refractivity contribution in [3.05, 3.63) is 0 Å². The third kappa shape index (κ3) is 1.09. The molecule has 12 heavy (non-hydrogen) atoms. The highest BCUT2D eigenvalue weighted by Crippen LogP contribution is 2.51. The highest BCUT2D eigenvalue weighted by Gasteiger charge is 2.53. The highest BCUT2D eigenvalue weighted by molar-refractivity contribution is 5.01. The Morgan fingerprint density at radius 1 is 1.17 bits per heavy atom. The monoisotopic (exact) mass is 172 g/mol. The van der Waals surface area contributed by atoms with Gasteiger partial charge in [-0.25, -0.2) is 0 Å². The van der Waals surface area contributed by atoms with Gasteiger partial charge in [-0.15, -0.1) is 0 Å². The van der Waals surface area contributed by atoms with Crippen LogP contribution >= 0.6 is 0 Å². The van der Waals surface area contributed by atoms with E-state index in [1.807, 2.05) is 0 Å². The van der Waals surface area contributed by atoms with Gasteiger partial charge < -0.3 is 9.84 Å². The van der Waals surface area contributed by atoms with Crippen LogP contribution < -0.4 is 0 Å². The molecule has 1 N–H and O–H groups in total. The molecular weight excluding hydrogens is 152 g/mol. The van der Waals surface area contributed by atoms with E-state index in [1.54, 1.807) is 0 Å². The van der Waals surface area contributed by atoms with Crippen LogP contribution in [0.1, 0.15) is 34.6 Å². The van der Waals surface area contributed by atoms with Crippen molar-refractivity contribution >= 4 is 0 Å². The normalized spacial score (nSPS) is 38.5. The Balaban J connectivity index is 2.92. The van der Waals surface area contributed by atoms with Crippen LogP contribution in [0.2, 0.25) is 0 Å². The van der Waals surface area contributed by atoms with E-state index >= 15 is 0 Å². The van der Waals surface area contributed by atoms with Gasteiger partial charge in [-0.05, 0) is 12.3 Å². The lowest BCUT2D eigenvalue weighted by Crippen LogP contribution is -2.39. The molecule has 0 aromatic rings. The topological polar surface area (TPSA) is 29.5 Å². The molecule has 1 aliphatic rings. The summed E-state index contributed by atoms with van der Waals surface area (Å²) in [6.45, 7) is 10.9. The van der Waals surface area contributed by atoms with E-state index < -0.39 is 0 Å². The van der Waals surface area contributed by atoms with Gasteiger partial charge in [-0.1, -0.05) is 27.7 Å². The molecule has 0 radical (unpaired) electrons. The van der Waals surface area contributed by atoms with Crippen molar-refractivity contribution in [2.45, 2.75) is 46.8 Å². The molecule has 2 nitrogen and oxygen atoms in total. The van der Waals surface area contributed by atoms with Crippen LogP contribution in [0, 0.1) is 10.8 Å². The minimum Gasteiger partial charge on any atom is -0.394 e. The summed E-state index contributed by atoms with van der Waals surface area (Å²) in [7, 11) is 0. The minimum atomic E-state index is -0.0116. The summed E-state index contributed by atoms with van der Waals surface area (Å²) in [5, 5.41) is 9.13. The summed E-state index contributed by atoms with van der Waals surface area (Å²) < 4.78 is 5.69. The molecule has 1 rings (SSSR count). The Labute approximate surface area is 74.9 Å². The first-order chi connectivity index (χ1) is 5.34. The number of ether oxygens (including phenoxy) is 1. The molecule has 2 unspecified atom stereocenters. The summed E-state index contributed by atoms with van der Waals surface area (Å²) in [5.74, 6) is 0. The smallest absolute Gasteiger partial charge is 0.0866 e. The molecule has 2 heteroatoms. The molecule has 0 amide bonds. The lowest BCUT2D eigenvalue weighted by Gasteiger charge is -2.37. The third-order valence-electron chi connectivity index (χ3n) is 4.02. The van der Waals surface area contributed by atoms with Gasteiger partial charge in [0.25, 0.3) is 0 Å². The summed E-state index contributed by atoms with van der Waals surface area (Å²) in [5.41, 5.74) is 0.196. The van der Waals surface area contributed by atoms with Crippen LogP contribution in [0.25, 0.3) is 0 Å². The first kappa shape index (κ1) is 10.0. The predicted molar refractivity (Wildman–Crippen MR) is 49.0 cm³/mol. The third-order valence-corrected chi connectivity index (χ3v) is 4.02. The maximum Gasteiger partial charge on any atom is 0.0866 e. The molecule has 72 valence electrons. The van der Waals surface area contributed by atoms with Crippen molar-refractivity contribution in [1.82, 2.24) is 0 Å². The maximum absolute atomic E-state index is 9.13. The largest absolute Gasteiger partial charge is 0.394 e. The Kier molecular flexibility index (Phi) is 2.26. The Morgan fingerprint density at radius 3 is 1.83 bits per heavy atom. The Bertz CT molecular complexity index is 173. The van der Waals surface area contributed by atoms with E-state index in [0.29, 0.717) is 0 Å². The van der Waals surface area contributed by atoms with E-state index in [0.717, 1.165) is 0 Å². The average molecular weight is 172 g/mol. The molecule has 1 fully saturated rings. The van der Waals surface area contributed by atoms with Crippen molar-refractivity contribution in [3.8, 4) is 0 Å². The van der Waals surface area contributed by atoms with Gasteiger partial charge in [0.1, 0.15) is 0 Å². The second-order valence-corrected chi connectivity index (χ2v) is 4.89. The molecular formula is C10H20O2. The van der Waals surface area contributed by atoms with Gasteiger partial charge in [0.15, 0.2) is 0 Å². The van der Waals surface area contributed by atoms with Crippen LogP contribution in [0.3, 0.4) is 0 Å². The molecule has 0 bridgehead atoms. The van der Waals surface area contributed by atoms with Gasteiger partial charge in [0.05, 0.1) is 18.8 Å². The van der Waals surface area contributed by atoms with E-state index in [4.69, 9.17) is 9.84 Å². The molecule has 0 aromatic carbocycles. The maximum atomic E-state index is 9.13. The fraction of sp³-hybridized carbons (Fsp3) is 1.00. The fourth-order valence-electron chi connectivity index (χ4n) is 1.80. The summed E-state index contributed by atoms with van der Waals surface area (Å²) in [6, 6.07) is 0. The van der Waals surface area contributed by atoms with Crippen LogP contribution in [-0.4, -0.2) is 23.9 Å². The van der Waals surface area contributed by atoms with Crippen molar-refractivity contribution in [2.75, 3.05) is 6.61 Å². The van der Waals surface area contributed by atoms with Gasteiger partial charge >= 0.3 is 0 Å². The molecule has 1 saturated heterocycles. The van der Waals surface area contributed by atoms with E-state index in [9.17, 15) is 0 Å². The second kappa shape index (κ2) is 2.71. The predicted octanol–water partition coefficient (Wildman–Crippen LogP) is 1.82. The van der Waals surface area contributed by atoms with Crippen LogP contribution in [0.4, 0.5) is 0 Å². The van der Waals surface area contributed by atoms with Gasteiger partial charge in [0.2, 0.25) is 0 Å². The van der Waals surface area contributed by atoms with Crippen molar-refractivity contribution in [2.24, 2.45) is 10.8 Å². The van der Waals surface area contributed by atoms with Gasteiger partial charge in [-0.2, -0.15) is 0 Å². The number of hydrogen-bond donors (Lipinski definition) is 1. The lowest BCUT2D eigenvalue weighted by atomic mass is 9.65. The molecule has 2 atom stereocenters. The summed E-state index contributed by atoms with van der Waals surface area (Å²) in [4.78, 5) is 0. The zero-order chi connectivity index (χ0) is 9.57. The van der Waals surface area contributed by atoms with E-state index in [2.05, 4.69) is 34.6 Å². The first-order valence-corrected chi connectivity index (χ1v) is 4.60. The molecule has 1 heterocycles. The fourth-order valence-corrected chi connectivity index (χ4v) is 1.80. The zero-order valence-electron chi connectivity index (χ0n) is 8.72. The molecule has 1 aliphatic heterocycles. The number of aliphatic hydroxyl groups excluding tert-OH is 1. The molecule has 0 spiro atoms. The van der Waals surface area contributed by atoms with Crippen LogP contribution in [0.5, 0.6) is 0 Å². The standard InChI is InChI=1S/C10H20O2/c1-7-9(2,3)10(4,5)8(6-11)12-7/h7-8,11H,6H2,1-5H3. The second-order valence-electron chi connectivity index (χ2n) is 4.89. The molecule has 0 saturated carbocycles. The van der Waals surface area contributed by atoms with Gasteiger partial charge in [0, 0.05) is 5.41 Å². The van der Waals surface area contributed by atoms with Crippen molar-refractivity contribution < 1.29 is 9.84 Å². The van der Waals surface area contributed by atoms with Crippen LogP contribution in [-0.2, 0) is 4.74 Å². The van der Waals surface area contributed by atoms with Crippen LogP contribution in [0.15, 0.2) is 0 Å². The molecule has 0 aliphatic carbocycles. The zero-order valence-corrected chi connectivity index (χ0v) is 8.72. The SMILES string of the molecule is CC1OC(CO)C(C)(C)C1(C)C. The molecule has 0 aromatic heterocycles. The Morgan fingerprint density at radius 2 is 1.67 bits per heavy atom. The quantitative estimate of drug-likeness (QED) is 0.653. The number of rotatable bonds is 1. The highest BCUT2D eigenvalue weighted by atomic mass is 16.5. The van der Waals surface area contributed by atoms with Crippen molar-refractivity contribution in [3.63, 3.8) is 0 Å². The average Bonchev–Trinajstić information content (AvgIpc) is 2.10. The number of aliphatic hydroxyl groups is 1. The van der Waals surface area contributed by atoms with Crippen molar-refractivity contribution in [1.29, 1.82) is 0 Å². The lowest BCUT2D eigenvalue weighted by molar-refractivity contribution is -0.0102. The number of hydrogen-bond acceptors (Lipinski definition) is 2. The summed E-state index contributed by atoms with van der Waals surface area (Å²) >= 11 is 0. The first-order valence-electron chi connectivity index (χ1n) is 4.60. The Hall–Kier alpha value is -0.0800. The minimum absolute atomic E-state index is 0.0116. The van der Waals surface area contributed by atoms with E-state index in [1.165, 1.54) is 0 Å². The van der Waals surface area contributed by atoms with Gasteiger partial charge in [-0.3, -0.25) is 0 Å². The summed E-state index contributed by atoms with van der Waals surface area (Å²) in [6.07, 6.45) is 0.215.